The second kappa shape index (κ2) is 15.8. The molecule has 0 fully saturated rings. The van der Waals surface area contributed by atoms with Crippen LogP contribution in [-0.4, -0.2) is 45.9 Å². The number of nitrogens with one attached hydrogen (secondary N) is 2. The molecule has 0 heterocycles. The number of halogens is 3. The summed E-state index contributed by atoms with van der Waals surface area (Å²) in [6.07, 6.45) is 2.94. The van der Waals surface area contributed by atoms with Crippen molar-refractivity contribution in [3.05, 3.63) is 28.2 Å². The van der Waals surface area contributed by atoms with Gasteiger partial charge in [-0.3, -0.25) is 4.99 Å². The summed E-state index contributed by atoms with van der Waals surface area (Å²) in [4.78, 5) is 4.19. The second-order valence-electron chi connectivity index (χ2n) is 5.11. The molecule has 0 aliphatic carbocycles. The monoisotopic (exact) mass is 503 g/mol. The maximum absolute atomic E-state index is 6.05. The number of rotatable bonds is 11. The molecule has 1 aromatic carbocycles. The molecular weight excluding hydrogens is 476 g/mol. The average Bonchev–Trinajstić information content (AvgIpc) is 2.57. The van der Waals surface area contributed by atoms with E-state index in [-0.39, 0.29) is 24.0 Å². The van der Waals surface area contributed by atoms with Crippen molar-refractivity contribution in [1.82, 2.24) is 10.6 Å². The summed E-state index contributed by atoms with van der Waals surface area (Å²) in [7, 11) is 1.76. The highest BCUT2D eigenvalue weighted by atomic mass is 127. The van der Waals surface area contributed by atoms with Crippen molar-refractivity contribution >= 4 is 53.1 Å². The minimum Gasteiger partial charge on any atom is -0.492 e. The van der Waals surface area contributed by atoms with Crippen LogP contribution >= 0.6 is 47.2 Å². The molecule has 144 valence electrons. The summed E-state index contributed by atoms with van der Waals surface area (Å²) in [5, 5.41) is 7.66. The lowest BCUT2D eigenvalue weighted by atomic mass is 10.3. The molecule has 0 bridgehead atoms. The largest absolute Gasteiger partial charge is 0.492 e. The first-order valence-electron chi connectivity index (χ1n) is 8.27. The quantitative estimate of drug-likeness (QED) is 0.204. The number of hydrogen-bond donors (Lipinski definition) is 2. The minimum absolute atomic E-state index is 0. The van der Waals surface area contributed by atoms with Gasteiger partial charge in [-0.05, 0) is 44.4 Å². The molecule has 0 spiro atoms. The van der Waals surface area contributed by atoms with Crippen molar-refractivity contribution in [3.63, 3.8) is 0 Å². The third-order valence-electron chi connectivity index (χ3n) is 3.20. The van der Waals surface area contributed by atoms with Crippen LogP contribution in [0.5, 0.6) is 5.75 Å². The van der Waals surface area contributed by atoms with Crippen LogP contribution in [-0.2, 0) is 4.74 Å². The van der Waals surface area contributed by atoms with Gasteiger partial charge in [0.2, 0.25) is 0 Å². The van der Waals surface area contributed by atoms with Crippen molar-refractivity contribution in [1.29, 1.82) is 0 Å². The van der Waals surface area contributed by atoms with E-state index >= 15 is 0 Å². The Labute approximate surface area is 177 Å². The van der Waals surface area contributed by atoms with E-state index in [1.54, 1.807) is 25.2 Å². The van der Waals surface area contributed by atoms with Gasteiger partial charge in [0.15, 0.2) is 5.96 Å². The molecule has 0 amide bonds. The van der Waals surface area contributed by atoms with Gasteiger partial charge in [0.25, 0.3) is 0 Å². The SMILES string of the molecule is CCOCCCCNC(=NC)NCCCOc1ccc(Cl)cc1Cl.I. The molecule has 0 saturated heterocycles. The molecule has 25 heavy (non-hydrogen) atoms. The van der Waals surface area contributed by atoms with E-state index < -0.39 is 0 Å². The van der Waals surface area contributed by atoms with Crippen molar-refractivity contribution < 1.29 is 9.47 Å². The van der Waals surface area contributed by atoms with E-state index in [4.69, 9.17) is 32.7 Å². The van der Waals surface area contributed by atoms with Crippen molar-refractivity contribution in [3.8, 4) is 5.75 Å². The van der Waals surface area contributed by atoms with Crippen molar-refractivity contribution in [2.75, 3.05) is 40.0 Å². The third-order valence-corrected chi connectivity index (χ3v) is 3.73. The molecule has 8 heteroatoms. The van der Waals surface area contributed by atoms with Crippen LogP contribution < -0.4 is 15.4 Å². The normalized spacial score (nSPS) is 11.0. The molecule has 0 aromatic heterocycles. The van der Waals surface area contributed by atoms with Crippen LogP contribution in [0.25, 0.3) is 0 Å². The van der Waals surface area contributed by atoms with E-state index in [9.17, 15) is 0 Å². The van der Waals surface area contributed by atoms with Gasteiger partial charge in [-0.2, -0.15) is 0 Å². The lowest BCUT2D eigenvalue weighted by Crippen LogP contribution is -2.38. The zero-order valence-corrected chi connectivity index (χ0v) is 18.7. The van der Waals surface area contributed by atoms with Crippen molar-refractivity contribution in [2.45, 2.75) is 26.2 Å². The zero-order chi connectivity index (χ0) is 17.6. The Morgan fingerprint density at radius 2 is 1.80 bits per heavy atom. The lowest BCUT2D eigenvalue weighted by molar-refractivity contribution is 0.143. The van der Waals surface area contributed by atoms with E-state index in [2.05, 4.69) is 15.6 Å². The smallest absolute Gasteiger partial charge is 0.190 e. The number of aliphatic imine (C=N–C) groups is 1. The first-order chi connectivity index (χ1) is 11.7. The molecule has 0 aliphatic heterocycles. The predicted molar refractivity (Wildman–Crippen MR) is 117 cm³/mol. The fourth-order valence-electron chi connectivity index (χ4n) is 1.95. The van der Waals surface area contributed by atoms with E-state index in [1.807, 2.05) is 6.92 Å². The highest BCUT2D eigenvalue weighted by molar-refractivity contribution is 14.0. The molecule has 2 N–H and O–H groups in total. The summed E-state index contributed by atoms with van der Waals surface area (Å²) in [5.41, 5.74) is 0. The Morgan fingerprint density at radius 3 is 2.44 bits per heavy atom. The number of guanidine groups is 1. The zero-order valence-electron chi connectivity index (χ0n) is 14.8. The van der Waals surface area contributed by atoms with Crippen LogP contribution in [0.1, 0.15) is 26.2 Å². The molecule has 1 aromatic rings. The fourth-order valence-corrected chi connectivity index (χ4v) is 2.42. The van der Waals surface area contributed by atoms with Gasteiger partial charge in [-0.25, -0.2) is 0 Å². The van der Waals surface area contributed by atoms with E-state index in [0.717, 1.165) is 51.5 Å². The first-order valence-corrected chi connectivity index (χ1v) is 9.03. The standard InChI is InChI=1S/C17H27Cl2N3O2.HI/c1-3-23-11-5-4-9-21-17(20-2)22-10-6-12-24-16-8-7-14(18)13-15(16)19;/h7-8,13H,3-6,9-12H2,1-2H3,(H2,20,21,22);1H. The summed E-state index contributed by atoms with van der Waals surface area (Å²) in [6.45, 7) is 5.82. The highest BCUT2D eigenvalue weighted by Gasteiger charge is 2.02. The van der Waals surface area contributed by atoms with Gasteiger partial charge in [-0.1, -0.05) is 23.2 Å². The number of ether oxygens (including phenoxy) is 2. The van der Waals surface area contributed by atoms with E-state index in [1.165, 1.54) is 0 Å². The van der Waals surface area contributed by atoms with Gasteiger partial charge < -0.3 is 20.1 Å². The highest BCUT2D eigenvalue weighted by Crippen LogP contribution is 2.27. The first kappa shape index (κ1) is 24.6. The van der Waals surface area contributed by atoms with Gasteiger partial charge >= 0.3 is 0 Å². The maximum Gasteiger partial charge on any atom is 0.190 e. The Morgan fingerprint density at radius 1 is 1.08 bits per heavy atom. The topological polar surface area (TPSA) is 54.9 Å². The Balaban J connectivity index is 0.00000576. The van der Waals surface area contributed by atoms with Crippen LogP contribution in [0.3, 0.4) is 0 Å². The molecule has 0 aliphatic rings. The summed E-state index contributed by atoms with van der Waals surface area (Å²) < 4.78 is 10.9. The number of benzene rings is 1. The average molecular weight is 504 g/mol. The Hall–Kier alpha value is -0.440. The van der Waals surface area contributed by atoms with Gasteiger partial charge in [-0.15, -0.1) is 24.0 Å². The summed E-state index contributed by atoms with van der Waals surface area (Å²) in [6, 6.07) is 5.22. The molecule has 0 radical (unpaired) electrons. The summed E-state index contributed by atoms with van der Waals surface area (Å²) >= 11 is 11.9. The van der Waals surface area contributed by atoms with Crippen LogP contribution in [0, 0.1) is 0 Å². The molecular formula is C17H28Cl2IN3O2. The second-order valence-corrected chi connectivity index (χ2v) is 5.95. The maximum atomic E-state index is 6.05. The Kier molecular flexibility index (Phi) is 15.5. The fraction of sp³-hybridized carbons (Fsp3) is 0.588. The van der Waals surface area contributed by atoms with Gasteiger partial charge in [0, 0.05) is 38.4 Å². The van der Waals surface area contributed by atoms with E-state index in [0.29, 0.717) is 22.4 Å². The predicted octanol–water partition coefficient (Wildman–Crippen LogP) is 4.36. The molecule has 0 atom stereocenters. The van der Waals surface area contributed by atoms with Gasteiger partial charge in [0.1, 0.15) is 5.75 Å². The molecule has 0 saturated carbocycles. The van der Waals surface area contributed by atoms with Crippen LogP contribution in [0.2, 0.25) is 10.0 Å². The molecule has 0 unspecified atom stereocenters. The van der Waals surface area contributed by atoms with Gasteiger partial charge in [0.05, 0.1) is 11.6 Å². The van der Waals surface area contributed by atoms with Crippen LogP contribution in [0.15, 0.2) is 23.2 Å². The lowest BCUT2D eigenvalue weighted by Gasteiger charge is -2.12. The summed E-state index contributed by atoms with van der Waals surface area (Å²) in [5.74, 6) is 1.45. The molecule has 1 rings (SSSR count). The third kappa shape index (κ3) is 11.7. The number of unbranched alkanes of at least 4 members (excludes halogenated alkanes) is 1. The van der Waals surface area contributed by atoms with Crippen molar-refractivity contribution in [2.24, 2.45) is 4.99 Å². The number of nitrogens with zero attached hydrogens (tertiary/aromatic N) is 1. The minimum atomic E-state index is 0. The molecule has 5 nitrogen and oxygen atoms in total. The van der Waals surface area contributed by atoms with Crippen LogP contribution in [0.4, 0.5) is 0 Å². The number of hydrogen-bond acceptors (Lipinski definition) is 3. The Bertz CT molecular complexity index is 505.